The second-order valence-electron chi connectivity index (χ2n) is 11.0. The number of nitrogen functional groups attached to an aromatic ring is 1. The smallest absolute Gasteiger partial charge is 0.338 e. The number of rotatable bonds is 13. The van der Waals surface area contributed by atoms with Gasteiger partial charge < -0.3 is 20.5 Å². The van der Waals surface area contributed by atoms with Crippen LogP contribution >= 0.6 is 51.5 Å². The van der Waals surface area contributed by atoms with Crippen LogP contribution in [0.1, 0.15) is 81.1 Å². The number of anilines is 3. The van der Waals surface area contributed by atoms with E-state index in [1.54, 1.807) is 18.2 Å². The van der Waals surface area contributed by atoms with E-state index in [9.17, 15) is 9.59 Å². The Kier molecular flexibility index (Phi) is 18.5. The minimum atomic E-state index is -0.336. The van der Waals surface area contributed by atoms with E-state index in [0.29, 0.717) is 40.6 Å². The molecule has 0 saturated heterocycles. The molecular formula is C35H45BrCl3N3O4. The first kappa shape index (κ1) is 39.7. The Hall–Kier alpha value is -2.49. The van der Waals surface area contributed by atoms with Gasteiger partial charge in [0, 0.05) is 29.7 Å². The Morgan fingerprint density at radius 2 is 1.57 bits per heavy atom. The van der Waals surface area contributed by atoms with Gasteiger partial charge in [-0.05, 0) is 96.5 Å². The first-order chi connectivity index (χ1) is 21.7. The molecule has 1 fully saturated rings. The first-order valence-electron chi connectivity index (χ1n) is 15.6. The minimum Gasteiger partial charge on any atom is -0.466 e. The number of carbonyl (C=O) groups excluding carboxylic acids is 2. The molecule has 1 aliphatic carbocycles. The van der Waals surface area contributed by atoms with Crippen LogP contribution in [0.2, 0.25) is 10.0 Å². The highest BCUT2D eigenvalue weighted by Gasteiger charge is 2.22. The SMILES string of the molecule is CCN(Cc1cc(C(=O)OCCCCCOC(C)=O)cc(Br)c1N)C1CCCCC1.Cl.Clc1cccc(Cl)c1Nc1ccccc1. The summed E-state index contributed by atoms with van der Waals surface area (Å²) in [5.74, 6) is -0.603. The van der Waals surface area contributed by atoms with E-state index >= 15 is 0 Å². The van der Waals surface area contributed by atoms with Crippen molar-refractivity contribution in [3.05, 3.63) is 86.3 Å². The quantitative estimate of drug-likeness (QED) is 0.102. The molecule has 7 nitrogen and oxygen atoms in total. The number of ether oxygens (including phenoxy) is 2. The second-order valence-corrected chi connectivity index (χ2v) is 12.7. The lowest BCUT2D eigenvalue weighted by Gasteiger charge is -2.34. The molecule has 3 aromatic rings. The molecular weight excluding hydrogens is 713 g/mol. The van der Waals surface area contributed by atoms with Crippen LogP contribution in [0.4, 0.5) is 17.1 Å². The topological polar surface area (TPSA) is 93.9 Å². The van der Waals surface area contributed by atoms with Gasteiger partial charge in [0.05, 0.1) is 40.2 Å². The van der Waals surface area contributed by atoms with E-state index in [1.807, 2.05) is 42.5 Å². The number of hydrogen-bond acceptors (Lipinski definition) is 7. The van der Waals surface area contributed by atoms with E-state index in [2.05, 4.69) is 33.1 Å². The monoisotopic (exact) mass is 755 g/mol. The molecule has 0 spiro atoms. The maximum Gasteiger partial charge on any atom is 0.338 e. The van der Waals surface area contributed by atoms with Crippen LogP contribution in [0.3, 0.4) is 0 Å². The van der Waals surface area contributed by atoms with Crippen LogP contribution in [-0.2, 0) is 20.8 Å². The second kappa shape index (κ2) is 21.4. The maximum atomic E-state index is 12.5. The van der Waals surface area contributed by atoms with Crippen LogP contribution in [0.5, 0.6) is 0 Å². The van der Waals surface area contributed by atoms with Crippen molar-refractivity contribution < 1.29 is 19.1 Å². The predicted molar refractivity (Wildman–Crippen MR) is 196 cm³/mol. The van der Waals surface area contributed by atoms with Gasteiger partial charge >= 0.3 is 11.9 Å². The highest BCUT2D eigenvalue weighted by Crippen LogP contribution is 2.32. The van der Waals surface area contributed by atoms with Gasteiger partial charge in [0.2, 0.25) is 0 Å². The van der Waals surface area contributed by atoms with Gasteiger partial charge in [-0.25, -0.2) is 4.79 Å². The van der Waals surface area contributed by atoms with E-state index in [1.165, 1.54) is 39.0 Å². The van der Waals surface area contributed by atoms with Crippen molar-refractivity contribution in [3.8, 4) is 0 Å². The lowest BCUT2D eigenvalue weighted by Crippen LogP contribution is -2.36. The minimum absolute atomic E-state index is 0. The zero-order valence-corrected chi connectivity index (χ0v) is 30.5. The third-order valence-corrected chi connectivity index (χ3v) is 8.94. The highest BCUT2D eigenvalue weighted by atomic mass is 79.9. The van der Waals surface area contributed by atoms with Crippen molar-refractivity contribution in [2.24, 2.45) is 0 Å². The zero-order chi connectivity index (χ0) is 32.6. The Labute approximate surface area is 298 Å². The van der Waals surface area contributed by atoms with E-state index < -0.39 is 0 Å². The molecule has 0 heterocycles. The zero-order valence-electron chi connectivity index (χ0n) is 26.5. The third-order valence-electron chi connectivity index (χ3n) is 7.65. The van der Waals surface area contributed by atoms with Crippen LogP contribution < -0.4 is 11.1 Å². The molecule has 11 heteroatoms. The molecule has 46 heavy (non-hydrogen) atoms. The molecule has 3 aromatic carbocycles. The van der Waals surface area contributed by atoms with Gasteiger partial charge in [0.15, 0.2) is 0 Å². The largest absolute Gasteiger partial charge is 0.466 e. The van der Waals surface area contributed by atoms with Gasteiger partial charge in [-0.3, -0.25) is 9.69 Å². The number of esters is 2. The van der Waals surface area contributed by atoms with Crippen molar-refractivity contribution in [2.45, 2.75) is 77.8 Å². The molecule has 252 valence electrons. The molecule has 0 amide bonds. The van der Waals surface area contributed by atoms with Gasteiger partial charge in [-0.2, -0.15) is 0 Å². The molecule has 0 aliphatic heterocycles. The number of carbonyl (C=O) groups is 2. The Morgan fingerprint density at radius 3 is 2.17 bits per heavy atom. The van der Waals surface area contributed by atoms with Gasteiger partial charge in [0.25, 0.3) is 0 Å². The fourth-order valence-corrected chi connectivity index (χ4v) is 6.21. The van der Waals surface area contributed by atoms with Crippen LogP contribution in [-0.4, -0.2) is 42.6 Å². The normalized spacial score (nSPS) is 12.8. The van der Waals surface area contributed by atoms with Gasteiger partial charge in [0.1, 0.15) is 0 Å². The molecule has 0 aromatic heterocycles. The fourth-order valence-electron chi connectivity index (χ4n) is 5.22. The molecule has 3 N–H and O–H groups in total. The molecule has 0 radical (unpaired) electrons. The summed E-state index contributed by atoms with van der Waals surface area (Å²) in [7, 11) is 0. The number of halogens is 4. The molecule has 0 bridgehead atoms. The van der Waals surface area contributed by atoms with Crippen molar-refractivity contribution in [1.29, 1.82) is 0 Å². The summed E-state index contributed by atoms with van der Waals surface area (Å²) >= 11 is 15.6. The standard InChI is InChI=1S/C23H35BrN2O4.C12H9Cl2N.ClH/c1-3-26(20-10-6-4-7-11-20)16-19-14-18(15-21(24)22(19)25)23(28)30-13-9-5-8-12-29-17(2)27;13-10-7-4-8-11(14)12(10)15-9-5-2-1-3-6-9;/h14-15,20H,3-13,16,25H2,1-2H3;1-8,15H;1H. The summed E-state index contributed by atoms with van der Waals surface area (Å²) < 4.78 is 11.1. The highest BCUT2D eigenvalue weighted by molar-refractivity contribution is 9.10. The molecule has 0 atom stereocenters. The fraction of sp³-hybridized carbons (Fsp3) is 0.429. The average molecular weight is 758 g/mol. The summed E-state index contributed by atoms with van der Waals surface area (Å²) in [6, 6.07) is 19.4. The number of nitrogens with one attached hydrogen (secondary N) is 1. The van der Waals surface area contributed by atoms with Crippen molar-refractivity contribution >= 4 is 80.5 Å². The number of hydrogen-bond donors (Lipinski definition) is 2. The Balaban J connectivity index is 0.000000384. The first-order valence-corrected chi connectivity index (χ1v) is 17.1. The predicted octanol–water partition coefficient (Wildman–Crippen LogP) is 10.2. The molecule has 0 unspecified atom stereocenters. The summed E-state index contributed by atoms with van der Waals surface area (Å²) in [4.78, 5) is 25.7. The van der Waals surface area contributed by atoms with Crippen LogP contribution in [0, 0.1) is 0 Å². The number of para-hydroxylation sites is 2. The van der Waals surface area contributed by atoms with Crippen molar-refractivity contribution in [2.75, 3.05) is 30.8 Å². The number of nitrogens with zero attached hydrogens (tertiary/aromatic N) is 1. The van der Waals surface area contributed by atoms with Gasteiger partial charge in [-0.15, -0.1) is 12.4 Å². The molecule has 4 rings (SSSR count). The van der Waals surface area contributed by atoms with Crippen molar-refractivity contribution in [1.82, 2.24) is 4.90 Å². The third kappa shape index (κ3) is 13.3. The van der Waals surface area contributed by atoms with E-state index in [0.717, 1.165) is 53.8 Å². The van der Waals surface area contributed by atoms with Crippen molar-refractivity contribution in [3.63, 3.8) is 0 Å². The Bertz CT molecular complexity index is 1350. The number of nitrogens with two attached hydrogens (primary N) is 1. The molecule has 1 saturated carbocycles. The average Bonchev–Trinajstić information content (AvgIpc) is 3.04. The van der Waals surface area contributed by atoms with Gasteiger partial charge in [-0.1, -0.05) is 73.7 Å². The summed E-state index contributed by atoms with van der Waals surface area (Å²) in [6.07, 6.45) is 8.70. The van der Waals surface area contributed by atoms with Crippen LogP contribution in [0.25, 0.3) is 0 Å². The summed E-state index contributed by atoms with van der Waals surface area (Å²) in [5, 5.41) is 4.41. The van der Waals surface area contributed by atoms with E-state index in [4.69, 9.17) is 38.4 Å². The van der Waals surface area contributed by atoms with E-state index in [-0.39, 0.29) is 24.3 Å². The lowest BCUT2D eigenvalue weighted by molar-refractivity contribution is -0.141. The van der Waals surface area contributed by atoms with Crippen LogP contribution in [0.15, 0.2) is 65.1 Å². The number of unbranched alkanes of at least 4 members (excludes halogenated alkanes) is 2. The summed E-state index contributed by atoms with van der Waals surface area (Å²) in [5.41, 5.74) is 10.2. The molecule has 1 aliphatic rings. The number of benzene rings is 3. The Morgan fingerprint density at radius 1 is 0.935 bits per heavy atom. The maximum absolute atomic E-state index is 12.5. The lowest BCUT2D eigenvalue weighted by atomic mass is 9.93. The summed E-state index contributed by atoms with van der Waals surface area (Å²) in [6.45, 7) is 6.04.